The number of fused-ring (bicyclic) bond motifs is 1. The van der Waals surface area contributed by atoms with Crippen LogP contribution < -0.4 is 10.5 Å². The highest BCUT2D eigenvalue weighted by Crippen LogP contribution is 2.34. The van der Waals surface area contributed by atoms with Crippen molar-refractivity contribution in [2.45, 2.75) is 32.7 Å². The summed E-state index contributed by atoms with van der Waals surface area (Å²) in [4.78, 5) is 30.6. The lowest BCUT2D eigenvalue weighted by molar-refractivity contribution is -0.117. The maximum atomic E-state index is 12.3. The largest absolute Gasteiger partial charge is 0.396 e. The van der Waals surface area contributed by atoms with Gasteiger partial charge in [-0.25, -0.2) is 0 Å². The van der Waals surface area contributed by atoms with Crippen molar-refractivity contribution in [1.29, 1.82) is 0 Å². The van der Waals surface area contributed by atoms with E-state index in [-0.39, 0.29) is 24.1 Å². The van der Waals surface area contributed by atoms with Crippen LogP contribution in [-0.2, 0) is 11.2 Å². The third kappa shape index (κ3) is 3.78. The van der Waals surface area contributed by atoms with Crippen molar-refractivity contribution in [1.82, 2.24) is 9.55 Å². The molecule has 3 aromatic rings. The molecule has 0 saturated carbocycles. The average Bonchev–Trinajstić information content (AvgIpc) is 3.06. The first kappa shape index (κ1) is 20.0. The minimum Gasteiger partial charge on any atom is -0.396 e. The predicted octanol–water partition coefficient (Wildman–Crippen LogP) is 3.43. The van der Waals surface area contributed by atoms with Crippen molar-refractivity contribution >= 4 is 11.6 Å². The number of nitrogens with zero attached hydrogens (tertiary/aromatic N) is 3. The number of carbonyl (C=O) groups is 1. The Morgan fingerprint density at radius 1 is 1.00 bits per heavy atom. The topological polar surface area (TPSA) is 75.4 Å². The molecule has 1 N–H and O–H groups in total. The quantitative estimate of drug-likeness (QED) is 0.684. The van der Waals surface area contributed by atoms with Gasteiger partial charge in [0.05, 0.1) is 6.42 Å². The van der Waals surface area contributed by atoms with Gasteiger partial charge in [0, 0.05) is 60.7 Å². The molecule has 1 aliphatic heterocycles. The number of aliphatic hydroxyl groups is 1. The first-order valence-corrected chi connectivity index (χ1v) is 10.2. The van der Waals surface area contributed by atoms with Gasteiger partial charge in [0.15, 0.2) is 0 Å². The maximum Gasteiger partial charge on any atom is 0.250 e. The highest BCUT2D eigenvalue weighted by Gasteiger charge is 2.26. The number of rotatable bonds is 6. The molecule has 154 valence electrons. The van der Waals surface area contributed by atoms with Gasteiger partial charge in [-0.3, -0.25) is 14.6 Å². The van der Waals surface area contributed by atoms with Crippen molar-refractivity contribution in [2.24, 2.45) is 0 Å². The van der Waals surface area contributed by atoms with Gasteiger partial charge >= 0.3 is 0 Å². The first-order valence-electron chi connectivity index (χ1n) is 10.2. The minimum absolute atomic E-state index is 0.0214. The molecule has 1 aliphatic rings. The Kier molecular flexibility index (Phi) is 5.50. The maximum absolute atomic E-state index is 12.3. The van der Waals surface area contributed by atoms with Crippen LogP contribution in [0.1, 0.15) is 31.9 Å². The number of hydrogen-bond acceptors (Lipinski definition) is 4. The van der Waals surface area contributed by atoms with Gasteiger partial charge in [-0.15, -0.1) is 0 Å². The fourth-order valence-electron chi connectivity index (χ4n) is 3.87. The van der Waals surface area contributed by atoms with Crippen LogP contribution in [0.5, 0.6) is 0 Å². The Morgan fingerprint density at radius 3 is 2.47 bits per heavy atom. The van der Waals surface area contributed by atoms with Crippen molar-refractivity contribution in [3.8, 4) is 22.3 Å². The van der Waals surface area contributed by atoms with Crippen LogP contribution in [0.4, 0.5) is 5.69 Å². The number of amides is 1. The number of anilines is 1. The van der Waals surface area contributed by atoms with Crippen LogP contribution in [0.3, 0.4) is 0 Å². The Hall–Kier alpha value is -3.25. The van der Waals surface area contributed by atoms with Gasteiger partial charge < -0.3 is 14.6 Å². The number of carbonyl (C=O) groups excluding carboxylic acids is 1. The zero-order chi connectivity index (χ0) is 21.3. The molecule has 0 atom stereocenters. The van der Waals surface area contributed by atoms with Crippen LogP contribution >= 0.6 is 0 Å². The number of aromatic nitrogens is 2. The standard InChI is InChI=1S/C24H25N3O3/c1-16(2)27-15-18(5-7-23(27)29)21-11-20(13-25-14-21)17-4-6-22-19(10-17)12-24(30)26(22)8-3-9-28/h4-7,10-11,13-16,28H,3,8-9,12H2,1-2H3. The Bertz CT molecular complexity index is 1150. The molecule has 0 fully saturated rings. The smallest absolute Gasteiger partial charge is 0.250 e. The lowest BCUT2D eigenvalue weighted by Crippen LogP contribution is -2.28. The van der Waals surface area contributed by atoms with Gasteiger partial charge in [0.2, 0.25) is 5.91 Å². The van der Waals surface area contributed by atoms with Gasteiger partial charge in [-0.1, -0.05) is 6.07 Å². The number of aliphatic hydroxyl groups excluding tert-OH is 1. The molecular formula is C24H25N3O3. The van der Waals surface area contributed by atoms with E-state index in [2.05, 4.69) is 11.1 Å². The normalized spacial score (nSPS) is 13.2. The summed E-state index contributed by atoms with van der Waals surface area (Å²) in [5.74, 6) is 0.0680. The Labute approximate surface area is 175 Å². The summed E-state index contributed by atoms with van der Waals surface area (Å²) < 4.78 is 1.71. The van der Waals surface area contributed by atoms with Crippen LogP contribution in [0.2, 0.25) is 0 Å². The second-order valence-electron chi connectivity index (χ2n) is 7.86. The predicted molar refractivity (Wildman–Crippen MR) is 118 cm³/mol. The molecule has 1 aromatic carbocycles. The van der Waals surface area contributed by atoms with Crippen molar-refractivity contribution in [3.63, 3.8) is 0 Å². The van der Waals surface area contributed by atoms with E-state index in [4.69, 9.17) is 5.11 Å². The molecule has 0 saturated heterocycles. The summed E-state index contributed by atoms with van der Waals surface area (Å²) in [5.41, 5.74) is 5.72. The molecule has 0 unspecified atom stereocenters. The second kappa shape index (κ2) is 8.24. The summed E-state index contributed by atoms with van der Waals surface area (Å²) in [6.07, 6.45) is 6.41. The summed E-state index contributed by atoms with van der Waals surface area (Å²) in [7, 11) is 0. The van der Waals surface area contributed by atoms with E-state index >= 15 is 0 Å². The molecule has 0 bridgehead atoms. The molecule has 1 amide bonds. The van der Waals surface area contributed by atoms with Crippen molar-refractivity contribution in [3.05, 3.63) is 70.9 Å². The molecule has 0 spiro atoms. The molecule has 3 heterocycles. The minimum atomic E-state index is -0.0214. The van der Waals surface area contributed by atoms with Gasteiger partial charge in [0.1, 0.15) is 0 Å². The molecule has 2 aromatic heterocycles. The summed E-state index contributed by atoms with van der Waals surface area (Å²) in [5, 5.41) is 9.07. The molecule has 6 nitrogen and oxygen atoms in total. The van der Waals surface area contributed by atoms with Crippen LogP contribution in [0.25, 0.3) is 22.3 Å². The second-order valence-corrected chi connectivity index (χ2v) is 7.86. The van der Waals surface area contributed by atoms with Gasteiger partial charge in [-0.05, 0) is 61.2 Å². The fourth-order valence-corrected chi connectivity index (χ4v) is 3.87. The fraction of sp³-hybridized carbons (Fsp3) is 0.292. The van der Waals surface area contributed by atoms with E-state index in [1.807, 2.05) is 50.5 Å². The van der Waals surface area contributed by atoms with E-state index in [9.17, 15) is 9.59 Å². The van der Waals surface area contributed by atoms with Gasteiger partial charge in [-0.2, -0.15) is 0 Å². The molecule has 6 heteroatoms. The Morgan fingerprint density at radius 2 is 1.73 bits per heavy atom. The van der Waals surface area contributed by atoms with E-state index in [0.29, 0.717) is 19.4 Å². The highest BCUT2D eigenvalue weighted by atomic mass is 16.3. The summed E-state index contributed by atoms with van der Waals surface area (Å²) >= 11 is 0. The number of benzene rings is 1. The Balaban J connectivity index is 1.67. The van der Waals surface area contributed by atoms with Crippen LogP contribution in [0, 0.1) is 0 Å². The van der Waals surface area contributed by atoms with Crippen LogP contribution in [-0.4, -0.2) is 33.7 Å². The number of pyridine rings is 2. The number of hydrogen-bond donors (Lipinski definition) is 1. The molecule has 0 aliphatic carbocycles. The summed E-state index contributed by atoms with van der Waals surface area (Å²) in [6.45, 7) is 4.56. The third-order valence-corrected chi connectivity index (χ3v) is 5.45. The highest BCUT2D eigenvalue weighted by molar-refractivity contribution is 6.02. The lowest BCUT2D eigenvalue weighted by atomic mass is 10.00. The van der Waals surface area contributed by atoms with Gasteiger partial charge in [0.25, 0.3) is 5.56 Å². The molecule has 0 radical (unpaired) electrons. The van der Waals surface area contributed by atoms with E-state index in [1.165, 1.54) is 0 Å². The average molecular weight is 403 g/mol. The van der Waals surface area contributed by atoms with Crippen molar-refractivity contribution < 1.29 is 9.90 Å². The van der Waals surface area contributed by atoms with E-state index < -0.39 is 0 Å². The van der Waals surface area contributed by atoms with Crippen LogP contribution in [0.15, 0.2) is 59.8 Å². The zero-order valence-electron chi connectivity index (χ0n) is 17.2. The third-order valence-electron chi connectivity index (χ3n) is 5.45. The summed E-state index contributed by atoms with van der Waals surface area (Å²) in [6, 6.07) is 11.6. The van der Waals surface area contributed by atoms with E-state index in [1.54, 1.807) is 21.7 Å². The molecule has 4 rings (SSSR count). The monoisotopic (exact) mass is 403 g/mol. The van der Waals surface area contributed by atoms with E-state index in [0.717, 1.165) is 33.5 Å². The molecule has 30 heavy (non-hydrogen) atoms. The SMILES string of the molecule is CC(C)n1cc(-c2cncc(-c3ccc4c(c3)CC(=O)N4CCCO)c2)ccc1=O. The van der Waals surface area contributed by atoms with Crippen molar-refractivity contribution in [2.75, 3.05) is 18.1 Å². The zero-order valence-corrected chi connectivity index (χ0v) is 17.2. The molecular weight excluding hydrogens is 378 g/mol. The first-order chi connectivity index (χ1) is 14.5. The lowest BCUT2D eigenvalue weighted by Gasteiger charge is -2.17.